The first-order chi connectivity index (χ1) is 15.9. The zero-order valence-corrected chi connectivity index (χ0v) is 19.6. The molecule has 2 heterocycles. The average molecular weight is 450 g/mol. The summed E-state index contributed by atoms with van der Waals surface area (Å²) in [5.74, 6) is -2.63. The minimum atomic E-state index is -1.25. The summed E-state index contributed by atoms with van der Waals surface area (Å²) >= 11 is 0. The van der Waals surface area contributed by atoms with Gasteiger partial charge in [0.25, 0.3) is 0 Å². The van der Waals surface area contributed by atoms with Gasteiger partial charge in [0.15, 0.2) is 0 Å². The molecule has 33 heavy (non-hydrogen) atoms. The molecule has 2 fully saturated rings. The highest BCUT2D eigenvalue weighted by Gasteiger charge is 2.68. The van der Waals surface area contributed by atoms with Gasteiger partial charge in [-0.25, -0.2) is 4.90 Å². The van der Waals surface area contributed by atoms with Crippen molar-refractivity contribution >= 4 is 29.2 Å². The zero-order valence-electron chi connectivity index (χ0n) is 19.6. The molecule has 2 saturated heterocycles. The van der Waals surface area contributed by atoms with Crippen LogP contribution in [0.2, 0.25) is 0 Å². The van der Waals surface area contributed by atoms with E-state index >= 15 is 0 Å². The second-order valence-corrected chi connectivity index (χ2v) is 8.90. The van der Waals surface area contributed by atoms with Gasteiger partial charge in [-0.2, -0.15) is 0 Å². The number of hydrogen-bond donors (Lipinski definition) is 1. The molecule has 2 aromatic carbocycles. The number of anilines is 2. The smallest absolute Gasteiger partial charge is 0.327 e. The highest BCUT2D eigenvalue weighted by atomic mass is 16.5. The second kappa shape index (κ2) is 8.98. The van der Waals surface area contributed by atoms with Crippen LogP contribution in [0.4, 0.5) is 11.4 Å². The molecule has 2 aromatic rings. The molecule has 0 unspecified atom stereocenters. The minimum absolute atomic E-state index is 0.204. The van der Waals surface area contributed by atoms with E-state index in [1.165, 1.54) is 4.90 Å². The lowest BCUT2D eigenvalue weighted by molar-refractivity contribution is -0.155. The Bertz CT molecular complexity index is 1040. The fourth-order valence-corrected chi connectivity index (χ4v) is 5.27. The molecular formula is C26H31N3O4. The maximum atomic E-state index is 13.8. The van der Waals surface area contributed by atoms with Crippen molar-refractivity contribution in [1.29, 1.82) is 0 Å². The van der Waals surface area contributed by atoms with Gasteiger partial charge in [-0.1, -0.05) is 43.7 Å². The summed E-state index contributed by atoms with van der Waals surface area (Å²) < 4.78 is 5.46. The summed E-state index contributed by atoms with van der Waals surface area (Å²) in [5.41, 5.74) is 1.17. The minimum Gasteiger partial charge on any atom is -0.465 e. The number of imide groups is 1. The lowest BCUT2D eigenvalue weighted by Gasteiger charge is -2.32. The van der Waals surface area contributed by atoms with Crippen molar-refractivity contribution in [2.24, 2.45) is 11.8 Å². The summed E-state index contributed by atoms with van der Waals surface area (Å²) in [4.78, 5) is 44.1. The van der Waals surface area contributed by atoms with Crippen molar-refractivity contribution in [3.8, 4) is 0 Å². The van der Waals surface area contributed by atoms with E-state index in [2.05, 4.69) is 5.32 Å². The van der Waals surface area contributed by atoms with Crippen molar-refractivity contribution < 1.29 is 19.1 Å². The Balaban J connectivity index is 1.83. The first kappa shape index (κ1) is 23.0. The molecule has 2 aliphatic rings. The number of nitrogens with zero attached hydrogens (tertiary/aromatic N) is 2. The monoisotopic (exact) mass is 449 g/mol. The molecule has 0 aliphatic carbocycles. The van der Waals surface area contributed by atoms with Gasteiger partial charge in [0.1, 0.15) is 5.54 Å². The van der Waals surface area contributed by atoms with Crippen LogP contribution in [0.1, 0.15) is 38.3 Å². The van der Waals surface area contributed by atoms with E-state index in [4.69, 9.17) is 4.74 Å². The van der Waals surface area contributed by atoms with Gasteiger partial charge in [-0.15, -0.1) is 0 Å². The number of amides is 2. The second-order valence-electron chi connectivity index (χ2n) is 8.90. The van der Waals surface area contributed by atoms with E-state index in [0.29, 0.717) is 18.5 Å². The van der Waals surface area contributed by atoms with Gasteiger partial charge in [0.2, 0.25) is 11.8 Å². The maximum Gasteiger partial charge on any atom is 0.327 e. The third-order valence-electron chi connectivity index (χ3n) is 6.72. The molecule has 0 saturated carbocycles. The predicted molar refractivity (Wildman–Crippen MR) is 127 cm³/mol. The average Bonchev–Trinajstić information content (AvgIpc) is 3.29. The van der Waals surface area contributed by atoms with Crippen molar-refractivity contribution in [3.63, 3.8) is 0 Å². The van der Waals surface area contributed by atoms with E-state index < -0.39 is 29.4 Å². The van der Waals surface area contributed by atoms with Crippen LogP contribution in [0.25, 0.3) is 0 Å². The molecule has 0 spiro atoms. The number of esters is 1. The molecular weight excluding hydrogens is 418 g/mol. The van der Waals surface area contributed by atoms with Crippen molar-refractivity contribution in [2.75, 3.05) is 30.5 Å². The SMILES string of the molecule is CCC[C@]1(C(=O)OCC)N[C@H](c2ccc(N(C)C)cc2)[C@@H]2C(=O)N(c3ccccc3)C(=O)[C@@H]21. The van der Waals surface area contributed by atoms with Crippen LogP contribution in [0.3, 0.4) is 0 Å². The Morgan fingerprint density at radius 3 is 2.27 bits per heavy atom. The molecule has 2 amide bonds. The summed E-state index contributed by atoms with van der Waals surface area (Å²) in [5, 5.41) is 3.43. The first-order valence-electron chi connectivity index (χ1n) is 11.5. The van der Waals surface area contributed by atoms with Gasteiger partial charge in [-0.3, -0.25) is 19.7 Å². The normalized spacial score (nSPS) is 26.4. The van der Waals surface area contributed by atoms with E-state index in [0.717, 1.165) is 11.3 Å². The van der Waals surface area contributed by atoms with E-state index in [1.54, 1.807) is 31.2 Å². The molecule has 0 aromatic heterocycles. The first-order valence-corrected chi connectivity index (χ1v) is 11.5. The summed E-state index contributed by atoms with van der Waals surface area (Å²) in [6.07, 6.45) is 1.06. The highest BCUT2D eigenvalue weighted by Crippen LogP contribution is 2.51. The third kappa shape index (κ3) is 3.70. The molecule has 1 N–H and O–H groups in total. The number of fused-ring (bicyclic) bond motifs is 1. The Morgan fingerprint density at radius 1 is 1.03 bits per heavy atom. The van der Waals surface area contributed by atoms with Crippen LogP contribution in [0.5, 0.6) is 0 Å². The van der Waals surface area contributed by atoms with Crippen molar-refractivity contribution in [3.05, 3.63) is 60.2 Å². The van der Waals surface area contributed by atoms with Crippen molar-refractivity contribution in [2.45, 2.75) is 38.3 Å². The Labute approximate surface area is 194 Å². The molecule has 2 aliphatic heterocycles. The van der Waals surface area contributed by atoms with Gasteiger partial charge in [0, 0.05) is 25.8 Å². The number of nitrogens with one attached hydrogen (secondary N) is 1. The van der Waals surface area contributed by atoms with Gasteiger partial charge < -0.3 is 9.64 Å². The Hall–Kier alpha value is -3.19. The fourth-order valence-electron chi connectivity index (χ4n) is 5.27. The molecule has 174 valence electrons. The zero-order chi connectivity index (χ0) is 23.8. The lowest BCUT2D eigenvalue weighted by Crippen LogP contribution is -2.56. The molecule has 7 nitrogen and oxygen atoms in total. The quantitative estimate of drug-likeness (QED) is 0.516. The standard InChI is InChI=1S/C26H31N3O4/c1-5-16-26(25(32)33-6-2)21-20(22(27-26)17-12-14-18(15-13-17)28(3)4)23(30)29(24(21)31)19-10-8-7-9-11-19/h7-15,20-22,27H,5-6,16H2,1-4H3/t20-,21-,22-,26+/m1/s1. The molecule has 0 bridgehead atoms. The van der Waals surface area contributed by atoms with Gasteiger partial charge in [-0.05, 0) is 43.2 Å². The number of rotatable bonds is 7. The van der Waals surface area contributed by atoms with Crippen LogP contribution < -0.4 is 15.1 Å². The number of carbonyl (C=O) groups excluding carboxylic acids is 3. The largest absolute Gasteiger partial charge is 0.465 e. The highest BCUT2D eigenvalue weighted by molar-refractivity contribution is 6.24. The summed E-state index contributed by atoms with van der Waals surface area (Å²) in [6, 6.07) is 16.3. The number of ether oxygens (including phenoxy) is 1. The van der Waals surface area contributed by atoms with Crippen LogP contribution in [-0.4, -0.2) is 44.0 Å². The lowest BCUT2D eigenvalue weighted by atomic mass is 9.77. The van der Waals surface area contributed by atoms with E-state index in [-0.39, 0.29) is 18.4 Å². The number of hydrogen-bond acceptors (Lipinski definition) is 6. The number of para-hydroxylation sites is 1. The van der Waals surface area contributed by atoms with Gasteiger partial charge in [0.05, 0.1) is 24.1 Å². The molecule has 4 atom stereocenters. The van der Waals surface area contributed by atoms with Crippen LogP contribution in [-0.2, 0) is 19.1 Å². The summed E-state index contributed by atoms with van der Waals surface area (Å²) in [7, 11) is 3.92. The number of carbonyl (C=O) groups is 3. The van der Waals surface area contributed by atoms with Crippen LogP contribution in [0, 0.1) is 11.8 Å². The van der Waals surface area contributed by atoms with Gasteiger partial charge >= 0.3 is 5.97 Å². The maximum absolute atomic E-state index is 13.8. The van der Waals surface area contributed by atoms with Crippen LogP contribution >= 0.6 is 0 Å². The van der Waals surface area contributed by atoms with Crippen LogP contribution in [0.15, 0.2) is 54.6 Å². The molecule has 0 radical (unpaired) electrons. The third-order valence-corrected chi connectivity index (χ3v) is 6.72. The number of benzene rings is 2. The Morgan fingerprint density at radius 2 is 1.70 bits per heavy atom. The Kier molecular flexibility index (Phi) is 6.26. The van der Waals surface area contributed by atoms with E-state index in [1.807, 2.05) is 56.3 Å². The topological polar surface area (TPSA) is 79.0 Å². The molecule has 4 rings (SSSR count). The van der Waals surface area contributed by atoms with Crippen molar-refractivity contribution in [1.82, 2.24) is 5.32 Å². The fraction of sp³-hybridized carbons (Fsp3) is 0.423. The van der Waals surface area contributed by atoms with E-state index in [9.17, 15) is 14.4 Å². The predicted octanol–water partition coefficient (Wildman–Crippen LogP) is 3.30. The molecule has 7 heteroatoms. The summed E-state index contributed by atoms with van der Waals surface area (Å²) in [6.45, 7) is 3.92.